The van der Waals surface area contributed by atoms with Gasteiger partial charge in [0.2, 0.25) is 23.4 Å². The third kappa shape index (κ3) is 13.8. The number of hydrogen-bond donors (Lipinski definition) is 3. The summed E-state index contributed by atoms with van der Waals surface area (Å²) >= 11 is 0. The maximum Gasteiger partial charge on any atom is 0.451 e. The first-order chi connectivity index (χ1) is 30.7. The minimum atomic E-state index is -4.68. The first kappa shape index (κ1) is 50.2. The predicted molar refractivity (Wildman–Crippen MR) is 227 cm³/mol. The van der Waals surface area contributed by atoms with Crippen LogP contribution in [0.25, 0.3) is 45.3 Å². The van der Waals surface area contributed by atoms with Crippen LogP contribution in [0.3, 0.4) is 0 Å². The third-order valence-corrected chi connectivity index (χ3v) is 11.0. The van der Waals surface area contributed by atoms with E-state index in [1.165, 1.54) is 24.8 Å². The van der Waals surface area contributed by atoms with E-state index in [2.05, 4.69) is 59.7 Å². The molecule has 6 aromatic rings. The van der Waals surface area contributed by atoms with Crippen LogP contribution in [0.5, 0.6) is 11.8 Å². The molecule has 0 spiro atoms. The molecular formula is C42H46F6N10O7Si. The average molecular weight is 945 g/mol. The molecule has 0 bridgehead atoms. The summed E-state index contributed by atoms with van der Waals surface area (Å²) in [5.74, 6) is -3.97. The largest absolute Gasteiger partial charge is 0.481 e. The van der Waals surface area contributed by atoms with Crippen molar-refractivity contribution in [3.8, 4) is 57.1 Å². The second kappa shape index (κ2) is 20.1. The number of carboxylic acids is 2. The van der Waals surface area contributed by atoms with Gasteiger partial charge in [0, 0.05) is 73.9 Å². The zero-order chi connectivity index (χ0) is 48.7. The number of carbonyl (C=O) groups is 2. The van der Waals surface area contributed by atoms with Crippen LogP contribution < -0.4 is 9.47 Å². The molecule has 0 atom stereocenters. The van der Waals surface area contributed by atoms with Gasteiger partial charge in [-0.3, -0.25) is 24.7 Å². The van der Waals surface area contributed by atoms with Crippen molar-refractivity contribution in [2.75, 3.05) is 19.8 Å². The Morgan fingerprint density at radius 3 is 1.50 bits per heavy atom. The van der Waals surface area contributed by atoms with Gasteiger partial charge in [-0.05, 0) is 70.1 Å². The number of hydrogen-bond acceptors (Lipinski definition) is 13. The SMILES string of the molecule is CC(C)(COc1ccc(-c2ccc(-c3n[nH]c(C(F)(F)F)n3)cn2)cn1)C(=O)O.CC(C)(COc1ccc(-c2ccc(-c3nc(C(F)(F)F)n(COCC[Si](C)(C)C)n3)cn2)cn1)C(=O)O. The molecule has 6 rings (SSSR count). The second-order valence-electron chi connectivity index (χ2n) is 17.2. The molecule has 0 fully saturated rings. The molecule has 0 aliphatic heterocycles. The normalized spacial score (nSPS) is 12.3. The lowest BCUT2D eigenvalue weighted by Crippen LogP contribution is -2.30. The number of pyridine rings is 4. The highest BCUT2D eigenvalue weighted by molar-refractivity contribution is 6.76. The zero-order valence-electron chi connectivity index (χ0n) is 36.7. The van der Waals surface area contributed by atoms with E-state index >= 15 is 0 Å². The number of aromatic nitrogens is 10. The highest BCUT2D eigenvalue weighted by Crippen LogP contribution is 2.31. The van der Waals surface area contributed by atoms with Crippen LogP contribution in [-0.2, 0) is 33.4 Å². The first-order valence-corrected chi connectivity index (χ1v) is 23.6. The maximum atomic E-state index is 13.5. The van der Waals surface area contributed by atoms with Gasteiger partial charge in [-0.15, -0.1) is 5.10 Å². The number of aromatic amines is 1. The standard InChI is InChI=1S/C24H30F3N5O4Si.C18H16F3N5O3/c1-23(2,22(33)34)14-36-19-9-7-16(12-29-19)18-8-6-17(13-28-18)20-30-21(24(25,26)27)32(31-20)15-35-10-11-37(3,4)5;1-17(2,16(27)28)9-29-13-6-4-10(7-23-13)12-5-3-11(8-22-12)14-24-15(26-25-14)18(19,20)21/h6-9,12-13H,10-11,14-15H2,1-5H3,(H,33,34);3-8H,9H2,1-2H3,(H,27,28)(H,24,25,26). The van der Waals surface area contributed by atoms with Crippen LogP contribution in [0.1, 0.15) is 39.3 Å². The molecule has 0 aliphatic rings. The summed E-state index contributed by atoms with van der Waals surface area (Å²) in [6, 6.07) is 13.7. The Kier molecular flexibility index (Phi) is 15.3. The van der Waals surface area contributed by atoms with E-state index in [-0.39, 0.29) is 43.4 Å². The van der Waals surface area contributed by atoms with Crippen molar-refractivity contribution in [1.82, 2.24) is 49.9 Å². The Hall–Kier alpha value is -6.82. The Morgan fingerprint density at radius 2 is 1.12 bits per heavy atom. The molecular weight excluding hydrogens is 899 g/mol. The first-order valence-electron chi connectivity index (χ1n) is 19.9. The van der Waals surface area contributed by atoms with Gasteiger partial charge < -0.3 is 24.4 Å². The van der Waals surface area contributed by atoms with E-state index in [0.29, 0.717) is 40.2 Å². The zero-order valence-corrected chi connectivity index (χ0v) is 37.7. The number of alkyl halides is 6. The summed E-state index contributed by atoms with van der Waals surface area (Å²) < 4.78 is 95.4. The van der Waals surface area contributed by atoms with Crippen molar-refractivity contribution in [2.24, 2.45) is 10.8 Å². The van der Waals surface area contributed by atoms with E-state index in [0.717, 1.165) is 10.7 Å². The van der Waals surface area contributed by atoms with Crippen LogP contribution in [0.4, 0.5) is 26.3 Å². The van der Waals surface area contributed by atoms with Crippen molar-refractivity contribution < 1.29 is 60.4 Å². The fourth-order valence-corrected chi connectivity index (χ4v) is 5.83. The quantitative estimate of drug-likeness (QED) is 0.0442. The van der Waals surface area contributed by atoms with Gasteiger partial charge in [0.1, 0.15) is 19.9 Å². The van der Waals surface area contributed by atoms with Crippen LogP contribution >= 0.6 is 0 Å². The summed E-state index contributed by atoms with van der Waals surface area (Å²) in [6.07, 6.45) is -3.53. The van der Waals surface area contributed by atoms with Crippen molar-refractivity contribution >= 4 is 20.0 Å². The average Bonchev–Trinajstić information content (AvgIpc) is 3.94. The monoisotopic (exact) mass is 944 g/mol. The Bertz CT molecular complexity index is 2560. The molecule has 0 amide bonds. The minimum Gasteiger partial charge on any atom is -0.481 e. The van der Waals surface area contributed by atoms with Crippen molar-refractivity contribution in [1.29, 1.82) is 0 Å². The van der Waals surface area contributed by atoms with E-state index in [9.17, 15) is 35.9 Å². The lowest BCUT2D eigenvalue weighted by Gasteiger charge is -2.18. The molecule has 0 aliphatic carbocycles. The summed E-state index contributed by atoms with van der Waals surface area (Å²) in [6.45, 7) is 12.6. The molecule has 6 aromatic heterocycles. The van der Waals surface area contributed by atoms with Gasteiger partial charge in [0.25, 0.3) is 0 Å². The number of ether oxygens (including phenoxy) is 3. The van der Waals surface area contributed by atoms with Crippen molar-refractivity contribution in [3.05, 3.63) is 85.0 Å². The van der Waals surface area contributed by atoms with Gasteiger partial charge >= 0.3 is 24.3 Å². The molecule has 17 nitrogen and oxygen atoms in total. The Balaban J connectivity index is 0.000000255. The second-order valence-corrected chi connectivity index (χ2v) is 22.8. The van der Waals surface area contributed by atoms with Gasteiger partial charge in [0.05, 0.1) is 22.2 Å². The highest BCUT2D eigenvalue weighted by atomic mass is 28.3. The van der Waals surface area contributed by atoms with Gasteiger partial charge in [-0.2, -0.15) is 31.4 Å². The van der Waals surface area contributed by atoms with Crippen LogP contribution in [0.2, 0.25) is 25.7 Å². The van der Waals surface area contributed by atoms with Gasteiger partial charge in [0.15, 0.2) is 11.6 Å². The number of halogens is 6. The predicted octanol–water partition coefficient (Wildman–Crippen LogP) is 8.66. The van der Waals surface area contributed by atoms with Gasteiger partial charge in [-0.1, -0.05) is 19.6 Å². The number of rotatable bonds is 17. The minimum absolute atomic E-state index is 0.0434. The molecule has 0 radical (unpaired) electrons. The van der Waals surface area contributed by atoms with Crippen LogP contribution in [-0.4, -0.2) is 99.9 Å². The number of carboxylic acid groups (broad SMARTS) is 2. The van der Waals surface area contributed by atoms with Crippen LogP contribution in [0, 0.1) is 10.8 Å². The topological polar surface area (TPSA) is 226 Å². The Labute approximate surface area is 374 Å². The molecule has 6 heterocycles. The lowest BCUT2D eigenvalue weighted by molar-refractivity contribution is -0.150. The smallest absolute Gasteiger partial charge is 0.451 e. The Morgan fingerprint density at radius 1 is 0.652 bits per heavy atom. The molecule has 0 unspecified atom stereocenters. The molecule has 66 heavy (non-hydrogen) atoms. The molecule has 24 heteroatoms. The fraction of sp³-hybridized carbons (Fsp3) is 0.381. The fourth-order valence-electron chi connectivity index (χ4n) is 5.07. The molecule has 0 aromatic carbocycles. The lowest BCUT2D eigenvalue weighted by atomic mass is 9.95. The summed E-state index contributed by atoms with van der Waals surface area (Å²) in [7, 11) is -1.38. The molecule has 0 saturated heterocycles. The van der Waals surface area contributed by atoms with Gasteiger partial charge in [-0.25, -0.2) is 24.6 Å². The van der Waals surface area contributed by atoms with E-state index in [1.54, 1.807) is 76.2 Å². The maximum absolute atomic E-state index is 13.5. The van der Waals surface area contributed by atoms with E-state index < -0.39 is 54.8 Å². The summed E-state index contributed by atoms with van der Waals surface area (Å²) in [5.41, 5.74) is 0.871. The molecule has 352 valence electrons. The van der Waals surface area contributed by atoms with E-state index in [1.807, 2.05) is 5.10 Å². The summed E-state index contributed by atoms with van der Waals surface area (Å²) in [4.78, 5) is 46.2. The molecule has 0 saturated carbocycles. The van der Waals surface area contributed by atoms with Crippen LogP contribution in [0.15, 0.2) is 73.3 Å². The number of nitrogens with zero attached hydrogens (tertiary/aromatic N) is 9. The van der Waals surface area contributed by atoms with Crippen molar-refractivity contribution in [2.45, 2.75) is 72.5 Å². The highest BCUT2D eigenvalue weighted by Gasteiger charge is 2.39. The van der Waals surface area contributed by atoms with Crippen molar-refractivity contribution in [3.63, 3.8) is 0 Å². The number of H-pyrrole nitrogens is 1. The third-order valence-electron chi connectivity index (χ3n) is 9.32. The summed E-state index contributed by atoms with van der Waals surface area (Å²) in [5, 5.41) is 27.7. The number of aliphatic carboxylic acids is 2. The van der Waals surface area contributed by atoms with E-state index in [4.69, 9.17) is 24.4 Å². The molecule has 3 N–H and O–H groups in total. The number of nitrogens with one attached hydrogen (secondary N) is 1.